The first kappa shape index (κ1) is 15.7. The van der Waals surface area contributed by atoms with E-state index in [1.165, 1.54) is 17.2 Å². The molecule has 0 bridgehead atoms. The summed E-state index contributed by atoms with van der Waals surface area (Å²) >= 11 is 4.91. The Bertz CT molecular complexity index is 994. The Morgan fingerprint density at radius 2 is 1.54 bits per heavy atom. The number of benzene rings is 1. The lowest BCUT2D eigenvalue weighted by atomic mass is 10.3. The molecule has 0 aliphatic rings. The highest BCUT2D eigenvalue weighted by Crippen LogP contribution is 2.09. The van der Waals surface area contributed by atoms with Crippen molar-refractivity contribution in [1.29, 1.82) is 0 Å². The molecule has 0 aliphatic heterocycles. The van der Waals surface area contributed by atoms with Crippen molar-refractivity contribution in [2.45, 2.75) is 0 Å². The van der Waals surface area contributed by atoms with Crippen LogP contribution in [0.2, 0.25) is 0 Å². The van der Waals surface area contributed by atoms with Gasteiger partial charge in [-0.05, 0) is 29.7 Å². The molecule has 1 aromatic carbocycles. The van der Waals surface area contributed by atoms with Gasteiger partial charge in [0.05, 0.1) is 12.7 Å². The maximum absolute atomic E-state index is 4.91. The number of hydrogen-bond donors (Lipinski definition) is 4. The van der Waals surface area contributed by atoms with Crippen LogP contribution >= 0.6 is 12.2 Å². The van der Waals surface area contributed by atoms with Crippen molar-refractivity contribution in [2.75, 3.05) is 0 Å². The normalized spacial score (nSPS) is 9.83. The smallest absolute Gasteiger partial charge is 0.159 e. The van der Waals surface area contributed by atoms with Gasteiger partial charge < -0.3 is 19.9 Å². The van der Waals surface area contributed by atoms with Crippen LogP contribution in [0.25, 0.3) is 22.1 Å². The molecule has 0 aliphatic carbocycles. The second kappa shape index (κ2) is 7.89. The highest BCUT2D eigenvalue weighted by Gasteiger charge is 1.94. The minimum atomic E-state index is 0.547. The molecular formula is C17H16N6S. The van der Waals surface area contributed by atoms with Gasteiger partial charge in [-0.1, -0.05) is 30.4 Å². The number of aromatic nitrogens is 6. The Labute approximate surface area is 143 Å². The van der Waals surface area contributed by atoms with Gasteiger partial charge in [0.2, 0.25) is 0 Å². The van der Waals surface area contributed by atoms with Crippen molar-refractivity contribution in [3.63, 3.8) is 0 Å². The summed E-state index contributed by atoms with van der Waals surface area (Å²) in [6.07, 6.45) is 8.81. The van der Waals surface area contributed by atoms with Gasteiger partial charge in [0.25, 0.3) is 0 Å². The number of fused-ring (bicyclic) bond motifs is 2. The van der Waals surface area contributed by atoms with Crippen molar-refractivity contribution in [3.8, 4) is 0 Å². The molecule has 0 fully saturated rings. The van der Waals surface area contributed by atoms with Crippen molar-refractivity contribution < 1.29 is 0 Å². The second-order valence-corrected chi connectivity index (χ2v) is 5.17. The van der Waals surface area contributed by atoms with Gasteiger partial charge in [-0.3, -0.25) is 0 Å². The largest absolute Gasteiger partial charge is 0.368 e. The molecule has 6 nitrogen and oxygen atoms in total. The minimum absolute atomic E-state index is 0.547. The molecule has 0 atom stereocenters. The zero-order valence-electron chi connectivity index (χ0n) is 12.7. The molecule has 7 heteroatoms. The van der Waals surface area contributed by atoms with Gasteiger partial charge >= 0.3 is 0 Å². The Morgan fingerprint density at radius 3 is 2.25 bits per heavy atom. The number of para-hydroxylation sites is 1. The lowest BCUT2D eigenvalue weighted by Crippen LogP contribution is -1.80. The quantitative estimate of drug-likeness (QED) is 0.320. The summed E-state index contributed by atoms with van der Waals surface area (Å²) in [7, 11) is 0. The minimum Gasteiger partial charge on any atom is -0.368 e. The molecule has 5 aromatic rings. The SMILES string of the molecule is S=c1nc[nH]c2nc[nH]c12.c1cc[nH]c1.c1ccc2[nH]ccc2c1. The topological polar surface area (TPSA) is 88.9 Å². The van der Waals surface area contributed by atoms with E-state index in [1.54, 1.807) is 6.33 Å². The number of nitrogens with one attached hydrogen (secondary N) is 4. The number of aromatic amines is 4. The summed E-state index contributed by atoms with van der Waals surface area (Å²) in [5.74, 6) is 0. The molecule has 5 rings (SSSR count). The zero-order valence-corrected chi connectivity index (χ0v) is 13.5. The molecule has 0 amide bonds. The number of nitrogens with zero attached hydrogens (tertiary/aromatic N) is 2. The summed E-state index contributed by atoms with van der Waals surface area (Å²) in [4.78, 5) is 19.5. The fraction of sp³-hybridized carbons (Fsp3) is 0. The van der Waals surface area contributed by atoms with Gasteiger partial charge in [0, 0.05) is 24.1 Å². The van der Waals surface area contributed by atoms with Crippen molar-refractivity contribution in [3.05, 3.63) is 78.4 Å². The van der Waals surface area contributed by atoms with E-state index in [0.717, 1.165) is 11.2 Å². The Kier molecular flexibility index (Phi) is 5.16. The molecule has 24 heavy (non-hydrogen) atoms. The molecule has 120 valence electrons. The molecule has 0 saturated heterocycles. The van der Waals surface area contributed by atoms with Crippen LogP contribution in [-0.4, -0.2) is 29.9 Å². The number of hydrogen-bond acceptors (Lipinski definition) is 3. The maximum atomic E-state index is 4.91. The first-order valence-corrected chi connectivity index (χ1v) is 7.72. The van der Waals surface area contributed by atoms with E-state index in [1.807, 2.05) is 42.9 Å². The van der Waals surface area contributed by atoms with Gasteiger partial charge in [-0.2, -0.15) is 0 Å². The van der Waals surface area contributed by atoms with Crippen molar-refractivity contribution >= 4 is 34.3 Å². The lowest BCUT2D eigenvalue weighted by molar-refractivity contribution is 1.18. The van der Waals surface area contributed by atoms with E-state index < -0.39 is 0 Å². The first-order valence-electron chi connectivity index (χ1n) is 7.31. The van der Waals surface area contributed by atoms with Gasteiger partial charge in [0.1, 0.15) is 5.52 Å². The second-order valence-electron chi connectivity index (χ2n) is 4.78. The van der Waals surface area contributed by atoms with Gasteiger partial charge in [-0.15, -0.1) is 0 Å². The first-order chi connectivity index (χ1) is 11.8. The predicted molar refractivity (Wildman–Crippen MR) is 98.2 cm³/mol. The van der Waals surface area contributed by atoms with Crippen LogP contribution in [0, 0.1) is 4.64 Å². The average molecular weight is 336 g/mol. The number of rotatable bonds is 0. The molecule has 0 saturated carbocycles. The van der Waals surface area contributed by atoms with Crippen LogP contribution in [0.4, 0.5) is 0 Å². The fourth-order valence-corrected chi connectivity index (χ4v) is 2.26. The molecular weight excluding hydrogens is 320 g/mol. The highest BCUT2D eigenvalue weighted by atomic mass is 32.1. The van der Waals surface area contributed by atoms with E-state index >= 15 is 0 Å². The van der Waals surface area contributed by atoms with Crippen molar-refractivity contribution in [1.82, 2.24) is 29.9 Å². The van der Waals surface area contributed by atoms with Gasteiger partial charge in [-0.25, -0.2) is 9.97 Å². The molecule has 0 spiro atoms. The summed E-state index contributed by atoms with van der Waals surface area (Å²) in [5.41, 5.74) is 2.75. The fourth-order valence-electron chi connectivity index (χ4n) is 2.06. The Balaban J connectivity index is 0.000000112. The zero-order chi connectivity index (χ0) is 16.6. The van der Waals surface area contributed by atoms with Crippen LogP contribution < -0.4 is 0 Å². The van der Waals surface area contributed by atoms with Gasteiger partial charge in [0.15, 0.2) is 10.3 Å². The molecule has 4 aromatic heterocycles. The third-order valence-corrected chi connectivity index (χ3v) is 3.50. The molecule has 0 radical (unpaired) electrons. The summed E-state index contributed by atoms with van der Waals surface area (Å²) in [6, 6.07) is 14.2. The van der Waals surface area contributed by atoms with E-state index in [0.29, 0.717) is 4.64 Å². The van der Waals surface area contributed by atoms with Crippen LogP contribution in [0.1, 0.15) is 0 Å². The molecule has 4 N–H and O–H groups in total. The maximum Gasteiger partial charge on any atom is 0.159 e. The predicted octanol–water partition coefficient (Wildman–Crippen LogP) is 4.20. The average Bonchev–Trinajstić information content (AvgIpc) is 3.37. The van der Waals surface area contributed by atoms with E-state index in [9.17, 15) is 0 Å². The Morgan fingerprint density at radius 1 is 0.750 bits per heavy atom. The third-order valence-electron chi connectivity index (χ3n) is 3.19. The van der Waals surface area contributed by atoms with Crippen LogP contribution in [0.3, 0.4) is 0 Å². The lowest BCUT2D eigenvalue weighted by Gasteiger charge is -1.84. The molecule has 4 heterocycles. The molecule has 0 unspecified atom stereocenters. The standard InChI is InChI=1S/C8H7N.C5H4N4S.C4H5N/c1-2-4-8-7(3-1)5-6-9-8;10-5-3-4(7-1-6-3)8-2-9-5;1-2-4-5-3-1/h1-6,9H;1-2H,(H2,6,7,8,9,10);1-5H. The summed E-state index contributed by atoms with van der Waals surface area (Å²) in [6.45, 7) is 0. The van der Waals surface area contributed by atoms with Crippen molar-refractivity contribution in [2.24, 2.45) is 0 Å². The highest BCUT2D eigenvalue weighted by molar-refractivity contribution is 7.71. The summed E-state index contributed by atoms with van der Waals surface area (Å²) < 4.78 is 0.547. The van der Waals surface area contributed by atoms with Crippen LogP contribution in [-0.2, 0) is 0 Å². The van der Waals surface area contributed by atoms with E-state index in [4.69, 9.17) is 12.2 Å². The van der Waals surface area contributed by atoms with Crippen LogP contribution in [0.15, 0.2) is 73.7 Å². The monoisotopic (exact) mass is 336 g/mol. The van der Waals surface area contributed by atoms with E-state index in [2.05, 4.69) is 48.1 Å². The Hall–Kier alpha value is -3.19. The third kappa shape index (κ3) is 3.96. The van der Waals surface area contributed by atoms with Crippen LogP contribution in [0.5, 0.6) is 0 Å². The number of imidazole rings is 1. The van der Waals surface area contributed by atoms with E-state index in [-0.39, 0.29) is 0 Å². The summed E-state index contributed by atoms with van der Waals surface area (Å²) in [5, 5.41) is 1.28. The number of H-pyrrole nitrogens is 4.